The van der Waals surface area contributed by atoms with Gasteiger partial charge in [0.25, 0.3) is 0 Å². The molecule has 0 fully saturated rings. The van der Waals surface area contributed by atoms with Crippen LogP contribution >= 0.6 is 0 Å². The molecule has 0 saturated carbocycles. The number of anilines is 2. The molecule has 0 atom stereocenters. The number of nitrogens with zero attached hydrogens (tertiary/aromatic N) is 1. The van der Waals surface area contributed by atoms with E-state index in [1.54, 1.807) is 14.2 Å². The second-order valence-corrected chi connectivity index (χ2v) is 8.56. The summed E-state index contributed by atoms with van der Waals surface area (Å²) in [7, 11) is 6.83. The number of nitrogens with one attached hydrogen (secondary N) is 3. The first-order valence-electron chi connectivity index (χ1n) is 7.79. The first-order chi connectivity index (χ1) is 11.6. The second-order valence-electron chi connectivity index (χ2n) is 5.19. The number of rotatable bonds is 8. The van der Waals surface area contributed by atoms with Crippen molar-refractivity contribution < 1.29 is 9.47 Å². The summed E-state index contributed by atoms with van der Waals surface area (Å²) in [6.45, 7) is 0. The third-order valence-corrected chi connectivity index (χ3v) is 7.44. The summed E-state index contributed by atoms with van der Waals surface area (Å²) in [5.41, 5.74) is 2.12. The van der Waals surface area contributed by atoms with Gasteiger partial charge in [-0.25, -0.2) is 0 Å². The molecular weight excluding hydrogens is 320 g/mol. The van der Waals surface area contributed by atoms with Crippen molar-refractivity contribution in [2.45, 2.75) is 0 Å². The minimum atomic E-state index is -2.38. The van der Waals surface area contributed by atoms with Crippen LogP contribution in [0.25, 0.3) is 0 Å². The van der Waals surface area contributed by atoms with Gasteiger partial charge in [0.1, 0.15) is 11.5 Å². The second kappa shape index (κ2) is 8.16. The summed E-state index contributed by atoms with van der Waals surface area (Å²) in [6.07, 6.45) is 0. The number of hydrogen-bond donors (Lipinski definition) is 3. The van der Waals surface area contributed by atoms with E-state index >= 15 is 0 Å². The molecule has 0 spiro atoms. The van der Waals surface area contributed by atoms with E-state index in [4.69, 9.17) is 9.47 Å². The monoisotopic (exact) mass is 346 g/mol. The lowest BCUT2D eigenvalue weighted by molar-refractivity contribution is 0.415. The third-order valence-electron chi connectivity index (χ3n) is 4.08. The van der Waals surface area contributed by atoms with Gasteiger partial charge in [-0.3, -0.25) is 14.9 Å². The van der Waals surface area contributed by atoms with Gasteiger partial charge < -0.3 is 14.0 Å². The van der Waals surface area contributed by atoms with Crippen molar-refractivity contribution in [1.82, 2.24) is 14.9 Å². The fourth-order valence-corrected chi connectivity index (χ4v) is 5.20. The zero-order valence-corrected chi connectivity index (χ0v) is 15.9. The molecule has 7 heteroatoms. The van der Waals surface area contributed by atoms with Gasteiger partial charge in [0.15, 0.2) is 0 Å². The van der Waals surface area contributed by atoms with Crippen LogP contribution in [0.3, 0.4) is 0 Å². The Morgan fingerprint density at radius 2 is 1.00 bits per heavy atom. The van der Waals surface area contributed by atoms with Crippen LogP contribution in [0.15, 0.2) is 48.5 Å². The van der Waals surface area contributed by atoms with Gasteiger partial charge in [-0.05, 0) is 69.7 Å². The van der Waals surface area contributed by atoms with Gasteiger partial charge in [-0.15, -0.1) is 0 Å². The van der Waals surface area contributed by atoms with Crippen molar-refractivity contribution in [1.29, 1.82) is 0 Å². The topological polar surface area (TPSA) is 57.8 Å². The molecule has 0 amide bonds. The molecule has 0 aliphatic heterocycles. The van der Waals surface area contributed by atoms with Crippen LogP contribution in [0.5, 0.6) is 11.5 Å². The van der Waals surface area contributed by atoms with Crippen LogP contribution in [0, 0.1) is 0 Å². The Labute approximate surface area is 145 Å². The maximum Gasteiger partial charge on any atom is 0.403 e. The van der Waals surface area contributed by atoms with E-state index in [9.17, 15) is 0 Å². The largest absolute Gasteiger partial charge is 0.497 e. The summed E-state index contributed by atoms with van der Waals surface area (Å²) in [6, 6.07) is 16.1. The fourth-order valence-electron chi connectivity index (χ4n) is 2.71. The number of methoxy groups -OCH3 is 2. The maximum atomic E-state index is 5.28. The summed E-state index contributed by atoms with van der Waals surface area (Å²) >= 11 is 0. The van der Waals surface area contributed by atoms with E-state index in [2.05, 4.69) is 43.8 Å². The highest BCUT2D eigenvalue weighted by Gasteiger charge is 2.39. The van der Waals surface area contributed by atoms with E-state index in [0.29, 0.717) is 0 Å². The Bertz CT molecular complexity index is 574. The van der Waals surface area contributed by atoms with Gasteiger partial charge in [0.2, 0.25) is 0 Å². The predicted molar refractivity (Wildman–Crippen MR) is 101 cm³/mol. The quantitative estimate of drug-likeness (QED) is 0.635. The van der Waals surface area contributed by atoms with Crippen LogP contribution in [-0.4, -0.2) is 44.1 Å². The highest BCUT2D eigenvalue weighted by Crippen LogP contribution is 2.30. The molecule has 2 aromatic rings. The summed E-state index contributed by atoms with van der Waals surface area (Å²) in [5, 5.41) is 0. The van der Waals surface area contributed by atoms with Crippen LogP contribution in [0.4, 0.5) is 11.4 Å². The van der Waals surface area contributed by atoms with Gasteiger partial charge >= 0.3 is 8.72 Å². The van der Waals surface area contributed by atoms with Gasteiger partial charge in [-0.2, -0.15) is 0 Å². The Morgan fingerprint density at radius 1 is 0.667 bits per heavy atom. The molecule has 0 aliphatic carbocycles. The highest BCUT2D eigenvalue weighted by molar-refractivity contribution is 6.77. The van der Waals surface area contributed by atoms with Gasteiger partial charge in [-0.1, -0.05) is 0 Å². The van der Waals surface area contributed by atoms with Crippen molar-refractivity contribution in [2.75, 3.05) is 39.9 Å². The molecule has 0 bridgehead atoms. The average Bonchev–Trinajstić information content (AvgIpc) is 2.67. The molecule has 0 radical (unpaired) electrons. The molecular formula is C17H26N4O2Si. The molecule has 0 unspecified atom stereocenters. The van der Waals surface area contributed by atoms with Crippen LogP contribution in [-0.2, 0) is 0 Å². The fraction of sp³-hybridized carbons (Fsp3) is 0.294. The first kappa shape index (κ1) is 18.3. The zero-order valence-electron chi connectivity index (χ0n) is 14.9. The maximum absolute atomic E-state index is 5.28. The molecule has 24 heavy (non-hydrogen) atoms. The standard InChI is InChI=1S/C17H26N4O2Si/c1-18-24(19-2,20-3)21(14-6-10-16(22-4)11-7-14)15-8-12-17(23-5)13-9-15/h6-13,18-20H,1-5H3. The molecule has 0 heterocycles. The molecule has 130 valence electrons. The summed E-state index contributed by atoms with van der Waals surface area (Å²) in [4.78, 5) is 10.3. The molecule has 2 rings (SSSR count). The lowest BCUT2D eigenvalue weighted by Crippen LogP contribution is -2.78. The lowest BCUT2D eigenvalue weighted by atomic mass is 10.2. The number of benzene rings is 2. The number of ether oxygens (including phenoxy) is 2. The van der Waals surface area contributed by atoms with Crippen molar-refractivity contribution in [2.24, 2.45) is 0 Å². The number of hydrogen-bond acceptors (Lipinski definition) is 6. The van der Waals surface area contributed by atoms with Crippen LogP contribution in [0.2, 0.25) is 0 Å². The molecule has 3 N–H and O–H groups in total. The Hall–Kier alpha value is -2.06. The Balaban J connectivity index is 2.54. The normalized spacial score (nSPS) is 11.2. The van der Waals surface area contributed by atoms with Crippen molar-refractivity contribution >= 4 is 20.1 Å². The van der Waals surface area contributed by atoms with Gasteiger partial charge in [0, 0.05) is 11.4 Å². The van der Waals surface area contributed by atoms with E-state index < -0.39 is 8.72 Å². The molecule has 0 aromatic heterocycles. The first-order valence-corrected chi connectivity index (χ1v) is 9.74. The summed E-state index contributed by atoms with van der Waals surface area (Å²) in [5.74, 6) is 1.66. The molecule has 0 saturated heterocycles. The average molecular weight is 347 g/mol. The smallest absolute Gasteiger partial charge is 0.403 e. The molecule has 0 aliphatic rings. The van der Waals surface area contributed by atoms with E-state index in [1.165, 1.54) is 0 Å². The van der Waals surface area contributed by atoms with E-state index in [0.717, 1.165) is 22.9 Å². The third kappa shape index (κ3) is 3.54. The highest BCUT2D eigenvalue weighted by atomic mass is 28.4. The Morgan fingerprint density at radius 3 is 1.25 bits per heavy atom. The van der Waals surface area contributed by atoms with Crippen LogP contribution < -0.4 is 29.0 Å². The van der Waals surface area contributed by atoms with E-state index in [1.807, 2.05) is 45.4 Å². The minimum absolute atomic E-state index is 0.832. The van der Waals surface area contributed by atoms with Crippen molar-refractivity contribution in [3.05, 3.63) is 48.5 Å². The Kier molecular flexibility index (Phi) is 6.21. The van der Waals surface area contributed by atoms with Crippen LogP contribution in [0.1, 0.15) is 0 Å². The molecule has 6 nitrogen and oxygen atoms in total. The zero-order chi connectivity index (χ0) is 17.6. The lowest BCUT2D eigenvalue weighted by Gasteiger charge is -2.41. The molecule has 2 aromatic carbocycles. The predicted octanol–water partition coefficient (Wildman–Crippen LogP) is 1.94. The minimum Gasteiger partial charge on any atom is -0.497 e. The summed E-state index contributed by atoms with van der Waals surface area (Å²) < 4.78 is 12.8. The van der Waals surface area contributed by atoms with E-state index in [-0.39, 0.29) is 0 Å². The SMILES string of the molecule is CN[Si](NC)(NC)N(c1ccc(OC)cc1)c1ccc(OC)cc1. The van der Waals surface area contributed by atoms with Crippen molar-refractivity contribution in [3.63, 3.8) is 0 Å². The van der Waals surface area contributed by atoms with Crippen molar-refractivity contribution in [3.8, 4) is 11.5 Å². The van der Waals surface area contributed by atoms with Gasteiger partial charge in [0.05, 0.1) is 14.2 Å².